The maximum absolute atomic E-state index is 12.1. The number of hydrogen-bond acceptors (Lipinski definition) is 3. The third-order valence-corrected chi connectivity index (χ3v) is 3.13. The van der Waals surface area contributed by atoms with Crippen LogP contribution in [0.3, 0.4) is 0 Å². The van der Waals surface area contributed by atoms with Gasteiger partial charge in [0.15, 0.2) is 0 Å². The van der Waals surface area contributed by atoms with Gasteiger partial charge in [-0.15, -0.1) is 0 Å². The normalized spacial score (nSPS) is 10.3. The Hall–Kier alpha value is -2.01. The number of hydrogen-bond donors (Lipinski definition) is 1. The van der Waals surface area contributed by atoms with Gasteiger partial charge in [-0.25, -0.2) is 0 Å². The molecule has 6 heteroatoms. The summed E-state index contributed by atoms with van der Waals surface area (Å²) in [4.78, 5) is 13.7. The molecule has 0 aliphatic rings. The van der Waals surface area contributed by atoms with E-state index in [1.165, 1.54) is 6.20 Å². The molecule has 0 unspecified atom stereocenters. The molecular weight excluding hydrogens is 278 g/mol. The van der Waals surface area contributed by atoms with Gasteiger partial charge in [0, 0.05) is 17.8 Å². The minimum Gasteiger partial charge on any atom is -0.492 e. The lowest BCUT2D eigenvalue weighted by molar-refractivity contribution is 0.0773. The zero-order valence-corrected chi connectivity index (χ0v) is 12.1. The Balaban J connectivity index is 1.85. The average Bonchev–Trinajstić information content (AvgIpc) is 2.84. The second-order valence-corrected chi connectivity index (χ2v) is 4.88. The van der Waals surface area contributed by atoms with Gasteiger partial charge < -0.3 is 9.64 Å². The van der Waals surface area contributed by atoms with Crippen LogP contribution in [0.2, 0.25) is 5.02 Å². The van der Waals surface area contributed by atoms with E-state index in [-0.39, 0.29) is 5.91 Å². The minimum atomic E-state index is -0.0778. The Kier molecular flexibility index (Phi) is 4.63. The number of benzene rings is 1. The number of carbonyl (C=O) groups is 1. The molecule has 0 aliphatic carbocycles. The predicted molar refractivity (Wildman–Crippen MR) is 77.2 cm³/mol. The molecule has 0 atom stereocenters. The van der Waals surface area contributed by atoms with E-state index in [0.717, 1.165) is 5.69 Å². The summed E-state index contributed by atoms with van der Waals surface area (Å²) in [6.07, 6.45) is 1.53. The molecule has 0 saturated carbocycles. The Bertz CT molecular complexity index is 598. The summed E-state index contributed by atoms with van der Waals surface area (Å²) in [5, 5.41) is 7.22. The fourth-order valence-electron chi connectivity index (χ4n) is 1.73. The van der Waals surface area contributed by atoms with Crippen LogP contribution in [0.25, 0.3) is 0 Å². The standard InChI is InChI=1S/C14H16ClN3O2/c1-10-13(9-16-17-10)14(19)18(2)6-7-20-12-5-3-4-11(15)8-12/h3-5,8-9H,6-7H2,1-2H3,(H,16,17). The molecule has 20 heavy (non-hydrogen) atoms. The Morgan fingerprint density at radius 1 is 1.50 bits per heavy atom. The lowest BCUT2D eigenvalue weighted by Crippen LogP contribution is -2.31. The van der Waals surface area contributed by atoms with Gasteiger partial charge in [-0.05, 0) is 25.1 Å². The molecule has 5 nitrogen and oxygen atoms in total. The van der Waals surface area contributed by atoms with Crippen LogP contribution in [-0.4, -0.2) is 41.2 Å². The Morgan fingerprint density at radius 3 is 2.95 bits per heavy atom. The summed E-state index contributed by atoms with van der Waals surface area (Å²) in [6, 6.07) is 7.17. The number of rotatable bonds is 5. The highest BCUT2D eigenvalue weighted by Gasteiger charge is 2.15. The highest BCUT2D eigenvalue weighted by molar-refractivity contribution is 6.30. The Labute approximate surface area is 122 Å². The van der Waals surface area contributed by atoms with Crippen molar-refractivity contribution in [3.8, 4) is 5.75 Å². The number of aryl methyl sites for hydroxylation is 1. The molecule has 2 aromatic rings. The molecule has 0 spiro atoms. The second kappa shape index (κ2) is 6.43. The van der Waals surface area contributed by atoms with Crippen molar-refractivity contribution < 1.29 is 9.53 Å². The minimum absolute atomic E-state index is 0.0778. The van der Waals surface area contributed by atoms with Crippen LogP contribution < -0.4 is 4.74 Å². The van der Waals surface area contributed by atoms with E-state index >= 15 is 0 Å². The molecule has 0 saturated heterocycles. The molecule has 1 aromatic carbocycles. The lowest BCUT2D eigenvalue weighted by atomic mass is 10.2. The molecule has 0 bridgehead atoms. The van der Waals surface area contributed by atoms with Crippen molar-refractivity contribution in [1.29, 1.82) is 0 Å². The highest BCUT2D eigenvalue weighted by Crippen LogP contribution is 2.17. The smallest absolute Gasteiger partial charge is 0.257 e. The number of carbonyl (C=O) groups excluding carboxylic acids is 1. The van der Waals surface area contributed by atoms with E-state index < -0.39 is 0 Å². The summed E-state index contributed by atoms with van der Waals surface area (Å²) in [6.45, 7) is 2.70. The number of amides is 1. The topological polar surface area (TPSA) is 58.2 Å². The van der Waals surface area contributed by atoms with Crippen molar-refractivity contribution in [2.24, 2.45) is 0 Å². The fraction of sp³-hybridized carbons (Fsp3) is 0.286. The van der Waals surface area contributed by atoms with Crippen molar-refractivity contribution in [3.63, 3.8) is 0 Å². The molecule has 2 rings (SSSR count). The van der Waals surface area contributed by atoms with Crippen molar-refractivity contribution in [1.82, 2.24) is 15.1 Å². The molecule has 0 fully saturated rings. The van der Waals surface area contributed by atoms with Crippen LogP contribution in [0.4, 0.5) is 0 Å². The van der Waals surface area contributed by atoms with Crippen LogP contribution in [0, 0.1) is 6.92 Å². The number of ether oxygens (including phenoxy) is 1. The molecule has 106 valence electrons. The third kappa shape index (κ3) is 3.51. The average molecular weight is 294 g/mol. The number of aromatic nitrogens is 2. The van der Waals surface area contributed by atoms with E-state index in [4.69, 9.17) is 16.3 Å². The van der Waals surface area contributed by atoms with Gasteiger partial charge in [0.1, 0.15) is 12.4 Å². The monoisotopic (exact) mass is 293 g/mol. The number of nitrogens with one attached hydrogen (secondary N) is 1. The molecule has 1 amide bonds. The predicted octanol–water partition coefficient (Wildman–Crippen LogP) is 2.52. The largest absolute Gasteiger partial charge is 0.492 e. The van der Waals surface area contributed by atoms with Gasteiger partial charge in [-0.3, -0.25) is 9.89 Å². The van der Waals surface area contributed by atoms with E-state index in [9.17, 15) is 4.79 Å². The molecular formula is C14H16ClN3O2. The van der Waals surface area contributed by atoms with Crippen molar-refractivity contribution >= 4 is 17.5 Å². The highest BCUT2D eigenvalue weighted by atomic mass is 35.5. The molecule has 0 radical (unpaired) electrons. The molecule has 1 heterocycles. The number of H-pyrrole nitrogens is 1. The van der Waals surface area contributed by atoms with E-state index in [2.05, 4.69) is 10.2 Å². The van der Waals surface area contributed by atoms with Crippen LogP contribution in [0.15, 0.2) is 30.5 Å². The van der Waals surface area contributed by atoms with Crippen molar-refractivity contribution in [2.75, 3.05) is 20.2 Å². The Morgan fingerprint density at radius 2 is 2.30 bits per heavy atom. The second-order valence-electron chi connectivity index (χ2n) is 4.44. The van der Waals surface area contributed by atoms with Gasteiger partial charge in [-0.1, -0.05) is 17.7 Å². The van der Waals surface area contributed by atoms with Gasteiger partial charge in [0.2, 0.25) is 0 Å². The number of aromatic amines is 1. The zero-order chi connectivity index (χ0) is 14.5. The summed E-state index contributed by atoms with van der Waals surface area (Å²) in [5.74, 6) is 0.615. The summed E-state index contributed by atoms with van der Waals surface area (Å²) < 4.78 is 5.55. The van der Waals surface area contributed by atoms with Gasteiger partial charge in [-0.2, -0.15) is 5.10 Å². The van der Waals surface area contributed by atoms with Crippen LogP contribution in [0.5, 0.6) is 5.75 Å². The maximum atomic E-state index is 12.1. The lowest BCUT2D eigenvalue weighted by Gasteiger charge is -2.17. The first-order chi connectivity index (χ1) is 9.58. The number of halogens is 1. The first-order valence-electron chi connectivity index (χ1n) is 6.21. The number of likely N-dealkylation sites (N-methyl/N-ethyl adjacent to an activating group) is 1. The SMILES string of the molecule is Cc1[nH]ncc1C(=O)N(C)CCOc1cccc(Cl)c1. The number of nitrogens with zero attached hydrogens (tertiary/aromatic N) is 2. The molecule has 1 N–H and O–H groups in total. The molecule has 1 aromatic heterocycles. The van der Waals surface area contributed by atoms with E-state index in [1.54, 1.807) is 24.1 Å². The third-order valence-electron chi connectivity index (χ3n) is 2.90. The first kappa shape index (κ1) is 14.4. The van der Waals surface area contributed by atoms with Crippen LogP contribution in [-0.2, 0) is 0 Å². The van der Waals surface area contributed by atoms with Gasteiger partial charge in [0.25, 0.3) is 5.91 Å². The van der Waals surface area contributed by atoms with Crippen molar-refractivity contribution in [2.45, 2.75) is 6.92 Å². The maximum Gasteiger partial charge on any atom is 0.257 e. The van der Waals surface area contributed by atoms with Crippen LogP contribution in [0.1, 0.15) is 16.1 Å². The quantitative estimate of drug-likeness (QED) is 0.921. The van der Waals surface area contributed by atoms with Gasteiger partial charge >= 0.3 is 0 Å². The summed E-state index contributed by atoms with van der Waals surface area (Å²) >= 11 is 5.87. The first-order valence-corrected chi connectivity index (χ1v) is 6.59. The van der Waals surface area contributed by atoms with E-state index in [0.29, 0.717) is 29.5 Å². The van der Waals surface area contributed by atoms with Crippen molar-refractivity contribution in [3.05, 3.63) is 46.7 Å². The van der Waals surface area contributed by atoms with E-state index in [1.807, 2.05) is 19.1 Å². The molecule has 0 aliphatic heterocycles. The van der Waals surface area contributed by atoms with Crippen LogP contribution >= 0.6 is 11.6 Å². The zero-order valence-electron chi connectivity index (χ0n) is 11.4. The summed E-state index contributed by atoms with van der Waals surface area (Å²) in [7, 11) is 1.73. The van der Waals surface area contributed by atoms with Gasteiger partial charge in [0.05, 0.1) is 18.3 Å². The summed E-state index contributed by atoms with van der Waals surface area (Å²) in [5.41, 5.74) is 1.34. The fourth-order valence-corrected chi connectivity index (χ4v) is 1.91.